The molecule has 0 atom stereocenters. The highest BCUT2D eigenvalue weighted by atomic mass is 35.5. The van der Waals surface area contributed by atoms with Crippen molar-refractivity contribution in [2.24, 2.45) is 5.73 Å². The van der Waals surface area contributed by atoms with Crippen molar-refractivity contribution in [1.29, 1.82) is 5.26 Å². The van der Waals surface area contributed by atoms with E-state index < -0.39 is 5.91 Å². The summed E-state index contributed by atoms with van der Waals surface area (Å²) < 4.78 is 5.49. The van der Waals surface area contributed by atoms with Crippen molar-refractivity contribution in [2.45, 2.75) is 19.3 Å². The van der Waals surface area contributed by atoms with Crippen LogP contribution in [0.4, 0.5) is 5.69 Å². The largest absolute Gasteiger partial charge is 0.451 e. The van der Waals surface area contributed by atoms with Crippen LogP contribution >= 0.6 is 12.4 Å². The smallest absolute Gasteiger partial charge is 0.284 e. The van der Waals surface area contributed by atoms with Crippen LogP contribution in [0.1, 0.15) is 34.5 Å². The van der Waals surface area contributed by atoms with E-state index in [0.717, 1.165) is 68.6 Å². The molecular weight excluding hydrogens is 466 g/mol. The van der Waals surface area contributed by atoms with Crippen LogP contribution in [0.15, 0.2) is 53.1 Å². The monoisotopic (exact) mass is 495 g/mol. The molecule has 8 nitrogen and oxygen atoms in total. The quantitative estimate of drug-likeness (QED) is 0.377. The molecule has 0 bridgehead atoms. The van der Waals surface area contributed by atoms with Gasteiger partial charge in [-0.15, -0.1) is 12.4 Å². The molecule has 1 saturated heterocycles. The Balaban J connectivity index is 0.00000171. The van der Waals surface area contributed by atoms with Crippen LogP contribution in [0.2, 0.25) is 0 Å². The van der Waals surface area contributed by atoms with Gasteiger partial charge in [0.05, 0.1) is 11.6 Å². The van der Waals surface area contributed by atoms with Gasteiger partial charge in [0.25, 0.3) is 5.91 Å². The first kappa shape index (κ1) is 26.1. The third kappa shape index (κ3) is 5.60. The number of furan rings is 1. The third-order valence-electron chi connectivity index (χ3n) is 6.55. The highest BCUT2D eigenvalue weighted by Gasteiger charge is 2.18. The normalized spacial score (nSPS) is 13.9. The SMILES string of the molecule is Cl.N#Cc1ccc2[nH]cc(CCCCN3CCN(c4ccc5oc(C(N)=O)cc5c4)CC3)c2c1.O. The number of halogens is 1. The number of hydrogen-bond donors (Lipinski definition) is 2. The Kier molecular flexibility index (Phi) is 8.41. The molecular formula is C26H30ClN5O3. The second-order valence-corrected chi connectivity index (χ2v) is 8.67. The number of fused-ring (bicyclic) bond motifs is 2. The summed E-state index contributed by atoms with van der Waals surface area (Å²) in [5.41, 5.74) is 10.3. The van der Waals surface area contributed by atoms with E-state index in [1.165, 1.54) is 10.9 Å². The van der Waals surface area contributed by atoms with Crippen molar-refractivity contribution in [3.8, 4) is 6.07 Å². The summed E-state index contributed by atoms with van der Waals surface area (Å²) >= 11 is 0. The summed E-state index contributed by atoms with van der Waals surface area (Å²) in [4.78, 5) is 19.6. The number of nitrogens with zero attached hydrogens (tertiary/aromatic N) is 3. The number of carbonyl (C=O) groups is 1. The summed E-state index contributed by atoms with van der Waals surface area (Å²) in [6.07, 6.45) is 5.38. The number of nitrogens with two attached hydrogens (primary N) is 1. The summed E-state index contributed by atoms with van der Waals surface area (Å²) in [6.45, 7) is 5.13. The fourth-order valence-corrected chi connectivity index (χ4v) is 4.68. The zero-order valence-corrected chi connectivity index (χ0v) is 20.2. The molecule has 9 heteroatoms. The molecule has 184 valence electrons. The van der Waals surface area contributed by atoms with Gasteiger partial charge in [-0.1, -0.05) is 0 Å². The molecule has 0 saturated carbocycles. The van der Waals surface area contributed by atoms with Crippen molar-refractivity contribution in [3.05, 3.63) is 65.5 Å². The van der Waals surface area contributed by atoms with Crippen molar-refractivity contribution in [1.82, 2.24) is 9.88 Å². The van der Waals surface area contributed by atoms with E-state index in [9.17, 15) is 4.79 Å². The number of anilines is 1. The number of aryl methyl sites for hydroxylation is 1. The number of nitrogens with one attached hydrogen (secondary N) is 1. The first-order valence-corrected chi connectivity index (χ1v) is 11.4. The lowest BCUT2D eigenvalue weighted by atomic mass is 10.1. The summed E-state index contributed by atoms with van der Waals surface area (Å²) in [5.74, 6) is -0.344. The van der Waals surface area contributed by atoms with Crippen LogP contribution in [-0.4, -0.2) is 54.0 Å². The minimum atomic E-state index is -0.544. The fourth-order valence-electron chi connectivity index (χ4n) is 4.68. The molecule has 0 radical (unpaired) electrons. The molecule has 1 aliphatic heterocycles. The molecule has 5 rings (SSSR count). The predicted molar refractivity (Wildman–Crippen MR) is 140 cm³/mol. The van der Waals surface area contributed by atoms with E-state index in [4.69, 9.17) is 15.4 Å². The average Bonchev–Trinajstić information content (AvgIpc) is 3.45. The molecule has 1 amide bonds. The Hall–Kier alpha value is -3.51. The predicted octanol–water partition coefficient (Wildman–Crippen LogP) is 3.63. The lowest BCUT2D eigenvalue weighted by Gasteiger charge is -2.36. The molecule has 0 unspecified atom stereocenters. The lowest BCUT2D eigenvalue weighted by Crippen LogP contribution is -2.46. The number of primary amides is 1. The number of benzene rings is 2. The number of carbonyl (C=O) groups excluding carboxylic acids is 1. The van der Waals surface area contributed by atoms with E-state index in [2.05, 4.69) is 33.1 Å². The molecule has 0 aliphatic carbocycles. The van der Waals surface area contributed by atoms with Gasteiger partial charge < -0.3 is 25.5 Å². The van der Waals surface area contributed by atoms with E-state index in [0.29, 0.717) is 11.1 Å². The maximum absolute atomic E-state index is 11.4. The average molecular weight is 496 g/mol. The first-order valence-electron chi connectivity index (χ1n) is 11.4. The minimum Gasteiger partial charge on any atom is -0.451 e. The Bertz CT molecular complexity index is 1350. The molecule has 3 heterocycles. The summed E-state index contributed by atoms with van der Waals surface area (Å²) in [5, 5.41) is 11.2. The molecule has 2 aromatic carbocycles. The molecule has 2 aromatic heterocycles. The van der Waals surface area contributed by atoms with Gasteiger partial charge in [-0.05, 0) is 73.8 Å². The number of aromatic amines is 1. The Morgan fingerprint density at radius 1 is 1.09 bits per heavy atom. The molecule has 1 fully saturated rings. The van der Waals surface area contributed by atoms with Crippen molar-refractivity contribution >= 4 is 45.9 Å². The van der Waals surface area contributed by atoms with Crippen LogP contribution < -0.4 is 10.6 Å². The number of piperazine rings is 1. The Morgan fingerprint density at radius 3 is 2.63 bits per heavy atom. The second kappa shape index (κ2) is 11.3. The minimum absolute atomic E-state index is 0. The Morgan fingerprint density at radius 2 is 1.89 bits per heavy atom. The number of nitriles is 1. The number of aromatic nitrogens is 1. The zero-order valence-electron chi connectivity index (χ0n) is 19.4. The maximum atomic E-state index is 11.4. The molecule has 35 heavy (non-hydrogen) atoms. The van der Waals surface area contributed by atoms with Crippen molar-refractivity contribution < 1.29 is 14.7 Å². The number of rotatable bonds is 7. The van der Waals surface area contributed by atoms with Crippen LogP contribution in [0.25, 0.3) is 21.9 Å². The molecule has 4 aromatic rings. The van der Waals surface area contributed by atoms with E-state index >= 15 is 0 Å². The van der Waals surface area contributed by atoms with Crippen LogP contribution in [-0.2, 0) is 6.42 Å². The topological polar surface area (TPSA) is 134 Å². The Labute approximate surface area is 210 Å². The number of H-pyrrole nitrogens is 1. The number of hydrogen-bond acceptors (Lipinski definition) is 5. The zero-order chi connectivity index (χ0) is 22.8. The van der Waals surface area contributed by atoms with Gasteiger partial charge >= 0.3 is 0 Å². The van der Waals surface area contributed by atoms with Crippen LogP contribution in [0.5, 0.6) is 0 Å². The molecule has 5 N–H and O–H groups in total. The van der Waals surface area contributed by atoms with Gasteiger partial charge in [0.1, 0.15) is 5.58 Å². The van der Waals surface area contributed by atoms with Crippen LogP contribution in [0.3, 0.4) is 0 Å². The van der Waals surface area contributed by atoms with Crippen molar-refractivity contribution in [2.75, 3.05) is 37.6 Å². The van der Waals surface area contributed by atoms with Gasteiger partial charge in [-0.3, -0.25) is 9.69 Å². The highest BCUT2D eigenvalue weighted by Crippen LogP contribution is 2.26. The lowest BCUT2D eigenvalue weighted by molar-refractivity contribution is 0.0976. The van der Waals surface area contributed by atoms with E-state index in [-0.39, 0.29) is 23.6 Å². The van der Waals surface area contributed by atoms with Gasteiger partial charge in [0, 0.05) is 54.4 Å². The van der Waals surface area contributed by atoms with Crippen LogP contribution in [0, 0.1) is 11.3 Å². The maximum Gasteiger partial charge on any atom is 0.284 e. The van der Waals surface area contributed by atoms with Gasteiger partial charge in [-0.2, -0.15) is 5.26 Å². The van der Waals surface area contributed by atoms with Crippen molar-refractivity contribution in [3.63, 3.8) is 0 Å². The van der Waals surface area contributed by atoms with Gasteiger partial charge in [-0.25, -0.2) is 0 Å². The second-order valence-electron chi connectivity index (χ2n) is 8.67. The van der Waals surface area contributed by atoms with Gasteiger partial charge in [0.2, 0.25) is 0 Å². The van der Waals surface area contributed by atoms with E-state index in [1.807, 2.05) is 30.3 Å². The van der Waals surface area contributed by atoms with Gasteiger partial charge in [0.15, 0.2) is 5.76 Å². The first-order chi connectivity index (χ1) is 16.1. The van der Waals surface area contributed by atoms with E-state index in [1.54, 1.807) is 6.07 Å². The highest BCUT2D eigenvalue weighted by molar-refractivity contribution is 5.95. The number of unbranched alkanes of at least 4 members (excludes halogenated alkanes) is 1. The standard InChI is InChI=1S/C26H27N5O2.ClH.H2O/c27-16-18-4-6-23-22(13-18)19(17-29-23)3-1-2-8-30-9-11-31(12-10-30)21-5-7-24-20(14-21)15-25(33-24)26(28)32;;/h4-7,13-15,17,29H,1-3,8-12H2,(H2,28,32);1H;1H2. The fraction of sp³-hybridized carbons (Fsp3) is 0.308. The summed E-state index contributed by atoms with van der Waals surface area (Å²) in [7, 11) is 0. The third-order valence-corrected chi connectivity index (χ3v) is 6.55. The molecule has 1 aliphatic rings. The molecule has 0 spiro atoms. The number of amides is 1. The summed E-state index contributed by atoms with van der Waals surface area (Å²) in [6, 6.07) is 15.8.